The lowest BCUT2D eigenvalue weighted by molar-refractivity contribution is 0.0426. The largest absolute Gasteiger partial charge is 0.388 e. The van der Waals surface area contributed by atoms with Crippen molar-refractivity contribution in [2.24, 2.45) is 5.92 Å². The molecule has 3 unspecified atom stereocenters. The highest BCUT2D eigenvalue weighted by Crippen LogP contribution is 2.37. The molecule has 1 fully saturated rings. The van der Waals surface area contributed by atoms with Gasteiger partial charge in [-0.2, -0.15) is 0 Å². The van der Waals surface area contributed by atoms with E-state index in [9.17, 15) is 5.11 Å². The molecule has 1 aliphatic heterocycles. The minimum Gasteiger partial charge on any atom is -0.388 e. The third-order valence-electron chi connectivity index (χ3n) is 4.56. The summed E-state index contributed by atoms with van der Waals surface area (Å²) in [6, 6.07) is 6.56. The second-order valence-corrected chi connectivity index (χ2v) is 6.67. The average molecular weight is 276 g/mol. The Bertz CT molecular complexity index is 451. The van der Waals surface area contributed by atoms with E-state index in [4.69, 9.17) is 4.74 Å². The van der Waals surface area contributed by atoms with Crippen molar-refractivity contribution in [3.05, 3.63) is 34.9 Å². The van der Waals surface area contributed by atoms with E-state index in [2.05, 4.69) is 52.8 Å². The molecule has 1 saturated heterocycles. The van der Waals surface area contributed by atoms with Gasteiger partial charge < -0.3 is 9.84 Å². The maximum atomic E-state index is 10.8. The number of aliphatic hydroxyl groups is 1. The smallest absolute Gasteiger partial charge is 0.0846 e. The third-order valence-corrected chi connectivity index (χ3v) is 4.56. The van der Waals surface area contributed by atoms with Gasteiger partial charge in [-0.05, 0) is 41.9 Å². The van der Waals surface area contributed by atoms with E-state index in [-0.39, 0.29) is 12.0 Å². The Morgan fingerprint density at radius 3 is 2.30 bits per heavy atom. The first-order valence-electron chi connectivity index (χ1n) is 7.85. The lowest BCUT2D eigenvalue weighted by Crippen LogP contribution is -2.21. The van der Waals surface area contributed by atoms with Gasteiger partial charge in [-0.25, -0.2) is 0 Å². The molecule has 1 heterocycles. The molecule has 1 aliphatic rings. The zero-order valence-electron chi connectivity index (χ0n) is 13.4. The van der Waals surface area contributed by atoms with Crippen LogP contribution >= 0.6 is 0 Å². The molecule has 0 saturated carbocycles. The van der Waals surface area contributed by atoms with E-state index >= 15 is 0 Å². The molecule has 1 N–H and O–H groups in total. The molecule has 0 aliphatic carbocycles. The molecule has 3 atom stereocenters. The van der Waals surface area contributed by atoms with Crippen molar-refractivity contribution in [2.45, 2.75) is 65.1 Å². The highest BCUT2D eigenvalue weighted by molar-refractivity contribution is 5.37. The first-order valence-corrected chi connectivity index (χ1v) is 7.85. The lowest BCUT2D eigenvalue weighted by Gasteiger charge is -2.25. The predicted octanol–water partition coefficient (Wildman–Crippen LogP) is 4.39. The fourth-order valence-corrected chi connectivity index (χ4v) is 3.12. The van der Waals surface area contributed by atoms with Gasteiger partial charge >= 0.3 is 0 Å². The van der Waals surface area contributed by atoms with Crippen LogP contribution in [0.2, 0.25) is 0 Å². The molecule has 2 heteroatoms. The Morgan fingerprint density at radius 1 is 1.10 bits per heavy atom. The number of hydrogen-bond acceptors (Lipinski definition) is 2. The Balaban J connectivity index is 2.35. The summed E-state index contributed by atoms with van der Waals surface area (Å²) < 4.78 is 5.61. The Hall–Kier alpha value is -0.860. The molecule has 2 nitrogen and oxygen atoms in total. The summed E-state index contributed by atoms with van der Waals surface area (Å²) in [6.45, 7) is 11.7. The Kier molecular flexibility index (Phi) is 4.87. The highest BCUT2D eigenvalue weighted by Gasteiger charge is 2.33. The molecule has 112 valence electrons. The van der Waals surface area contributed by atoms with Crippen molar-refractivity contribution in [1.82, 2.24) is 0 Å². The molecular formula is C18H28O2. The van der Waals surface area contributed by atoms with Gasteiger partial charge in [-0.1, -0.05) is 45.9 Å². The van der Waals surface area contributed by atoms with Crippen LogP contribution in [-0.2, 0) is 4.74 Å². The molecule has 1 aromatic rings. The summed E-state index contributed by atoms with van der Waals surface area (Å²) in [6.07, 6.45) is 0.687. The molecule has 0 amide bonds. The van der Waals surface area contributed by atoms with Crippen molar-refractivity contribution in [3.63, 3.8) is 0 Å². The van der Waals surface area contributed by atoms with Crippen LogP contribution in [0.15, 0.2) is 18.2 Å². The third kappa shape index (κ3) is 3.07. The van der Waals surface area contributed by atoms with Crippen LogP contribution in [0.5, 0.6) is 0 Å². The lowest BCUT2D eigenvalue weighted by atomic mass is 9.83. The predicted molar refractivity (Wildman–Crippen MR) is 83.1 cm³/mol. The average Bonchev–Trinajstić information content (AvgIpc) is 2.83. The molecule has 0 radical (unpaired) electrons. The number of rotatable bonds is 4. The molecule has 0 aromatic heterocycles. The number of aliphatic hydroxyl groups excluding tert-OH is 1. The van der Waals surface area contributed by atoms with Crippen molar-refractivity contribution >= 4 is 0 Å². The summed E-state index contributed by atoms with van der Waals surface area (Å²) >= 11 is 0. The minimum absolute atomic E-state index is 0.148. The summed E-state index contributed by atoms with van der Waals surface area (Å²) in [5.74, 6) is 1.17. The van der Waals surface area contributed by atoms with E-state index < -0.39 is 6.10 Å². The van der Waals surface area contributed by atoms with Crippen molar-refractivity contribution in [2.75, 3.05) is 6.61 Å². The molecule has 0 bridgehead atoms. The topological polar surface area (TPSA) is 29.5 Å². The van der Waals surface area contributed by atoms with E-state index in [1.165, 1.54) is 11.1 Å². The van der Waals surface area contributed by atoms with Crippen LogP contribution in [-0.4, -0.2) is 17.8 Å². The first-order chi connectivity index (χ1) is 9.41. The second-order valence-electron chi connectivity index (χ2n) is 6.67. The van der Waals surface area contributed by atoms with Gasteiger partial charge in [-0.15, -0.1) is 0 Å². The van der Waals surface area contributed by atoms with Gasteiger partial charge in [0.1, 0.15) is 0 Å². The summed E-state index contributed by atoms with van der Waals surface area (Å²) in [5, 5.41) is 10.8. The maximum absolute atomic E-state index is 10.8. The van der Waals surface area contributed by atoms with Gasteiger partial charge in [-0.3, -0.25) is 0 Å². The van der Waals surface area contributed by atoms with Crippen molar-refractivity contribution in [3.8, 4) is 0 Å². The zero-order valence-corrected chi connectivity index (χ0v) is 13.4. The summed E-state index contributed by atoms with van der Waals surface area (Å²) in [5.41, 5.74) is 3.72. The number of hydrogen-bond donors (Lipinski definition) is 1. The normalized spacial score (nSPS) is 24.6. The summed E-state index contributed by atoms with van der Waals surface area (Å²) in [4.78, 5) is 0. The standard InChI is InChI=1S/C18H28O2/c1-11(2)14-6-7-16(17(10-14)12(3)4)18(19)15-8-9-20-13(15)5/h6-7,10-13,15,18-19H,8-9H2,1-5H3. The molecule has 20 heavy (non-hydrogen) atoms. The molecule has 0 spiro atoms. The van der Waals surface area contributed by atoms with Crippen LogP contribution in [0.25, 0.3) is 0 Å². The fourth-order valence-electron chi connectivity index (χ4n) is 3.12. The van der Waals surface area contributed by atoms with Gasteiger partial charge in [0, 0.05) is 12.5 Å². The Morgan fingerprint density at radius 2 is 1.80 bits per heavy atom. The number of benzene rings is 1. The van der Waals surface area contributed by atoms with Gasteiger partial charge in [0.25, 0.3) is 0 Å². The van der Waals surface area contributed by atoms with Crippen LogP contribution < -0.4 is 0 Å². The van der Waals surface area contributed by atoms with Crippen LogP contribution in [0.3, 0.4) is 0 Å². The van der Waals surface area contributed by atoms with Crippen LogP contribution in [0.4, 0.5) is 0 Å². The minimum atomic E-state index is -0.411. The monoisotopic (exact) mass is 276 g/mol. The SMILES string of the molecule is CC(C)c1ccc(C(O)C2CCOC2C)c(C(C)C)c1. The molecule has 2 rings (SSSR count). The van der Waals surface area contributed by atoms with E-state index in [0.717, 1.165) is 18.6 Å². The van der Waals surface area contributed by atoms with Crippen LogP contribution in [0, 0.1) is 5.92 Å². The first kappa shape index (κ1) is 15.5. The van der Waals surface area contributed by atoms with E-state index in [1.54, 1.807) is 0 Å². The fraction of sp³-hybridized carbons (Fsp3) is 0.667. The second kappa shape index (κ2) is 6.28. The van der Waals surface area contributed by atoms with Crippen LogP contribution in [0.1, 0.15) is 75.7 Å². The zero-order chi connectivity index (χ0) is 14.9. The molecule has 1 aromatic carbocycles. The highest BCUT2D eigenvalue weighted by atomic mass is 16.5. The van der Waals surface area contributed by atoms with Crippen molar-refractivity contribution in [1.29, 1.82) is 0 Å². The van der Waals surface area contributed by atoms with E-state index in [0.29, 0.717) is 11.8 Å². The van der Waals surface area contributed by atoms with Gasteiger partial charge in [0.2, 0.25) is 0 Å². The van der Waals surface area contributed by atoms with Gasteiger partial charge in [0.15, 0.2) is 0 Å². The quantitative estimate of drug-likeness (QED) is 0.883. The number of ether oxygens (including phenoxy) is 1. The Labute approximate surface area is 123 Å². The van der Waals surface area contributed by atoms with E-state index in [1.807, 2.05) is 0 Å². The summed E-state index contributed by atoms with van der Waals surface area (Å²) in [7, 11) is 0. The maximum Gasteiger partial charge on any atom is 0.0846 e. The van der Waals surface area contributed by atoms with Gasteiger partial charge in [0.05, 0.1) is 12.2 Å². The van der Waals surface area contributed by atoms with Crippen molar-refractivity contribution < 1.29 is 9.84 Å². The molecular weight excluding hydrogens is 248 g/mol.